The van der Waals surface area contributed by atoms with Gasteiger partial charge in [0.05, 0.1) is 12.3 Å². The van der Waals surface area contributed by atoms with Crippen molar-refractivity contribution in [2.24, 2.45) is 0 Å². The van der Waals surface area contributed by atoms with Gasteiger partial charge < -0.3 is 9.64 Å². The van der Waals surface area contributed by atoms with Crippen LogP contribution in [0.5, 0.6) is 0 Å². The number of nitrogens with zero attached hydrogens (tertiary/aromatic N) is 3. The van der Waals surface area contributed by atoms with Gasteiger partial charge in [0.1, 0.15) is 0 Å². The molecule has 0 saturated carbocycles. The topological polar surface area (TPSA) is 45.7 Å². The van der Waals surface area contributed by atoms with Crippen LogP contribution in [-0.2, 0) is 22.5 Å². The summed E-state index contributed by atoms with van der Waals surface area (Å²) in [7, 11) is 0. The molecule has 0 bridgehead atoms. The van der Waals surface area contributed by atoms with Gasteiger partial charge in [-0.25, -0.2) is 0 Å². The van der Waals surface area contributed by atoms with E-state index in [1.165, 1.54) is 5.56 Å². The van der Waals surface area contributed by atoms with Crippen LogP contribution in [0.3, 0.4) is 0 Å². The Bertz CT molecular complexity index is 809. The smallest absolute Gasteiger partial charge is 0.256 e. The van der Waals surface area contributed by atoms with E-state index in [0.717, 1.165) is 25.2 Å². The SMILES string of the molecule is O=C1N(CCc2ccccc2)CC=CCC12CN(Cc1ccccn1)CCO2. The summed E-state index contributed by atoms with van der Waals surface area (Å²) in [6.07, 6.45) is 7.50. The van der Waals surface area contributed by atoms with Crippen molar-refractivity contribution >= 4 is 5.91 Å². The first-order valence-corrected chi connectivity index (χ1v) is 10.00. The lowest BCUT2D eigenvalue weighted by Crippen LogP contribution is -2.60. The van der Waals surface area contributed by atoms with Crippen LogP contribution in [0.4, 0.5) is 0 Å². The summed E-state index contributed by atoms with van der Waals surface area (Å²) in [5.41, 5.74) is 1.49. The Labute approximate surface area is 166 Å². The van der Waals surface area contributed by atoms with E-state index < -0.39 is 5.60 Å². The van der Waals surface area contributed by atoms with Crippen LogP contribution in [0, 0.1) is 0 Å². The maximum atomic E-state index is 13.5. The molecular formula is C23H27N3O2. The van der Waals surface area contributed by atoms with Crippen molar-refractivity contribution in [3.63, 3.8) is 0 Å². The molecule has 0 radical (unpaired) electrons. The lowest BCUT2D eigenvalue weighted by Gasteiger charge is -2.42. The minimum Gasteiger partial charge on any atom is -0.362 e. The maximum Gasteiger partial charge on any atom is 0.256 e. The number of carbonyl (C=O) groups excluding carboxylic acids is 1. The zero-order valence-corrected chi connectivity index (χ0v) is 16.2. The molecule has 2 aliphatic heterocycles. The van der Waals surface area contributed by atoms with E-state index in [1.54, 1.807) is 0 Å². The van der Waals surface area contributed by atoms with Gasteiger partial charge in [0, 0.05) is 45.3 Å². The third-order valence-corrected chi connectivity index (χ3v) is 5.51. The Morgan fingerprint density at radius 2 is 1.93 bits per heavy atom. The van der Waals surface area contributed by atoms with Crippen LogP contribution in [0.25, 0.3) is 0 Å². The van der Waals surface area contributed by atoms with E-state index in [-0.39, 0.29) is 5.91 Å². The number of morpholine rings is 1. The molecular weight excluding hydrogens is 350 g/mol. The van der Waals surface area contributed by atoms with Crippen molar-refractivity contribution in [1.82, 2.24) is 14.8 Å². The number of carbonyl (C=O) groups is 1. The van der Waals surface area contributed by atoms with Crippen molar-refractivity contribution in [2.75, 3.05) is 32.8 Å². The van der Waals surface area contributed by atoms with Crippen LogP contribution in [0.15, 0.2) is 66.9 Å². The highest BCUT2D eigenvalue weighted by Crippen LogP contribution is 2.28. The molecule has 1 spiro atoms. The Balaban J connectivity index is 1.45. The minimum atomic E-state index is -0.781. The molecule has 2 aromatic rings. The zero-order valence-electron chi connectivity index (χ0n) is 16.2. The van der Waals surface area contributed by atoms with Gasteiger partial charge in [-0.2, -0.15) is 0 Å². The van der Waals surface area contributed by atoms with E-state index in [0.29, 0.717) is 32.7 Å². The Kier molecular flexibility index (Phi) is 5.84. The van der Waals surface area contributed by atoms with E-state index in [2.05, 4.69) is 34.2 Å². The van der Waals surface area contributed by atoms with Crippen LogP contribution in [0.1, 0.15) is 17.7 Å². The van der Waals surface area contributed by atoms with Gasteiger partial charge in [-0.05, 0) is 24.1 Å². The highest BCUT2D eigenvalue weighted by molar-refractivity contribution is 5.86. The predicted octanol–water partition coefficient (Wildman–Crippen LogP) is 2.68. The fourth-order valence-electron chi connectivity index (χ4n) is 4.00. The summed E-state index contributed by atoms with van der Waals surface area (Å²) >= 11 is 0. The van der Waals surface area contributed by atoms with Crippen molar-refractivity contribution in [1.29, 1.82) is 0 Å². The molecule has 3 heterocycles. The average molecular weight is 377 g/mol. The fourth-order valence-corrected chi connectivity index (χ4v) is 4.00. The van der Waals surface area contributed by atoms with Gasteiger partial charge in [-0.1, -0.05) is 48.6 Å². The zero-order chi connectivity index (χ0) is 19.2. The van der Waals surface area contributed by atoms with Crippen LogP contribution < -0.4 is 0 Å². The van der Waals surface area contributed by atoms with Gasteiger partial charge in [-0.3, -0.25) is 14.7 Å². The van der Waals surface area contributed by atoms with E-state index in [1.807, 2.05) is 47.5 Å². The average Bonchev–Trinajstić information content (AvgIpc) is 2.88. The molecule has 1 unspecified atom stereocenters. The number of benzene rings is 1. The molecule has 1 fully saturated rings. The Hall–Kier alpha value is -2.50. The standard InChI is InChI=1S/C23H27N3O2/c27-22-23(19-25(16-17-28-23)18-21-10-4-6-13-24-21)12-5-7-14-26(22)15-11-20-8-2-1-3-9-20/h1-10,13H,11-12,14-19H2. The van der Waals surface area contributed by atoms with Gasteiger partial charge in [0.25, 0.3) is 5.91 Å². The number of rotatable bonds is 5. The van der Waals surface area contributed by atoms with E-state index in [9.17, 15) is 4.79 Å². The number of hydrogen-bond acceptors (Lipinski definition) is 4. The van der Waals surface area contributed by atoms with Gasteiger partial charge in [0.15, 0.2) is 5.60 Å². The van der Waals surface area contributed by atoms with Gasteiger partial charge in [0.2, 0.25) is 0 Å². The van der Waals surface area contributed by atoms with Crippen molar-refractivity contribution in [3.8, 4) is 0 Å². The minimum absolute atomic E-state index is 0.110. The molecule has 28 heavy (non-hydrogen) atoms. The second-order valence-electron chi connectivity index (χ2n) is 7.54. The highest BCUT2D eigenvalue weighted by atomic mass is 16.5. The molecule has 1 aromatic heterocycles. The van der Waals surface area contributed by atoms with Crippen LogP contribution in [0.2, 0.25) is 0 Å². The third kappa shape index (κ3) is 4.32. The second kappa shape index (κ2) is 8.67. The second-order valence-corrected chi connectivity index (χ2v) is 7.54. The summed E-state index contributed by atoms with van der Waals surface area (Å²) in [5.74, 6) is 0.110. The van der Waals surface area contributed by atoms with Crippen molar-refractivity contribution in [3.05, 3.63) is 78.1 Å². The summed E-state index contributed by atoms with van der Waals surface area (Å²) in [4.78, 5) is 22.1. The van der Waals surface area contributed by atoms with Gasteiger partial charge >= 0.3 is 0 Å². The molecule has 4 rings (SSSR count). The van der Waals surface area contributed by atoms with Crippen molar-refractivity contribution < 1.29 is 9.53 Å². The molecule has 1 atom stereocenters. The summed E-state index contributed by atoms with van der Waals surface area (Å²) in [6.45, 7) is 4.09. The maximum absolute atomic E-state index is 13.5. The molecule has 0 aliphatic carbocycles. The summed E-state index contributed by atoms with van der Waals surface area (Å²) in [6, 6.07) is 16.3. The van der Waals surface area contributed by atoms with Crippen LogP contribution in [-0.4, -0.2) is 59.1 Å². The fraction of sp³-hybridized carbons (Fsp3) is 0.391. The third-order valence-electron chi connectivity index (χ3n) is 5.51. The number of ether oxygens (including phenoxy) is 1. The molecule has 1 aromatic carbocycles. The largest absolute Gasteiger partial charge is 0.362 e. The van der Waals surface area contributed by atoms with Gasteiger partial charge in [-0.15, -0.1) is 0 Å². The molecule has 5 heteroatoms. The number of amides is 1. The van der Waals surface area contributed by atoms with E-state index >= 15 is 0 Å². The molecule has 146 valence electrons. The number of pyridine rings is 1. The monoisotopic (exact) mass is 377 g/mol. The lowest BCUT2D eigenvalue weighted by atomic mass is 9.95. The van der Waals surface area contributed by atoms with E-state index in [4.69, 9.17) is 4.74 Å². The first-order chi connectivity index (χ1) is 13.8. The molecule has 0 N–H and O–H groups in total. The first-order valence-electron chi connectivity index (χ1n) is 10.00. The molecule has 5 nitrogen and oxygen atoms in total. The summed E-state index contributed by atoms with van der Waals surface area (Å²) < 4.78 is 6.14. The highest BCUT2D eigenvalue weighted by Gasteiger charge is 2.45. The molecule has 1 amide bonds. The molecule has 1 saturated heterocycles. The normalized spacial score (nSPS) is 23.1. The number of aromatic nitrogens is 1. The lowest BCUT2D eigenvalue weighted by molar-refractivity contribution is -0.170. The molecule has 2 aliphatic rings. The quantitative estimate of drug-likeness (QED) is 0.752. The predicted molar refractivity (Wildman–Crippen MR) is 109 cm³/mol. The first kappa shape index (κ1) is 18.8. The van der Waals surface area contributed by atoms with Crippen molar-refractivity contribution in [2.45, 2.75) is 25.0 Å². The Morgan fingerprint density at radius 3 is 2.75 bits per heavy atom. The Morgan fingerprint density at radius 1 is 1.07 bits per heavy atom. The summed E-state index contributed by atoms with van der Waals surface area (Å²) in [5, 5.41) is 0. The number of hydrogen-bond donors (Lipinski definition) is 0. The van der Waals surface area contributed by atoms with Crippen LogP contribution >= 0.6 is 0 Å².